The van der Waals surface area contributed by atoms with Crippen LogP contribution in [0.1, 0.15) is 18.7 Å². The SMILES string of the molecule is CC(CNC(=O)C(C)C(=O)O)Cc1cccs1. The Balaban J connectivity index is 2.30. The molecule has 0 saturated heterocycles. The number of aliphatic carboxylic acids is 1. The number of hydrogen-bond donors (Lipinski definition) is 2. The monoisotopic (exact) mass is 255 g/mol. The van der Waals surface area contributed by atoms with Crippen molar-refractivity contribution in [1.82, 2.24) is 5.32 Å². The molecule has 0 aliphatic carbocycles. The molecule has 0 bridgehead atoms. The van der Waals surface area contributed by atoms with Crippen molar-refractivity contribution in [2.45, 2.75) is 20.3 Å². The molecule has 1 aromatic rings. The van der Waals surface area contributed by atoms with Crippen molar-refractivity contribution < 1.29 is 14.7 Å². The first kappa shape index (κ1) is 13.7. The summed E-state index contributed by atoms with van der Waals surface area (Å²) in [5.41, 5.74) is 0. The van der Waals surface area contributed by atoms with E-state index in [1.54, 1.807) is 11.3 Å². The van der Waals surface area contributed by atoms with Gasteiger partial charge in [0, 0.05) is 11.4 Å². The number of thiophene rings is 1. The Morgan fingerprint density at radius 2 is 2.18 bits per heavy atom. The summed E-state index contributed by atoms with van der Waals surface area (Å²) in [7, 11) is 0. The molecule has 1 aromatic heterocycles. The zero-order valence-corrected chi connectivity index (χ0v) is 10.8. The maximum absolute atomic E-state index is 11.4. The summed E-state index contributed by atoms with van der Waals surface area (Å²) in [6, 6.07) is 4.06. The van der Waals surface area contributed by atoms with E-state index in [4.69, 9.17) is 5.11 Å². The summed E-state index contributed by atoms with van der Waals surface area (Å²) < 4.78 is 0. The Morgan fingerprint density at radius 1 is 1.47 bits per heavy atom. The highest BCUT2D eigenvalue weighted by Gasteiger charge is 2.20. The molecule has 2 N–H and O–H groups in total. The van der Waals surface area contributed by atoms with Crippen LogP contribution in [-0.4, -0.2) is 23.5 Å². The van der Waals surface area contributed by atoms with Crippen molar-refractivity contribution >= 4 is 23.2 Å². The van der Waals surface area contributed by atoms with Crippen molar-refractivity contribution in [2.75, 3.05) is 6.54 Å². The molecule has 1 amide bonds. The summed E-state index contributed by atoms with van der Waals surface area (Å²) in [6.07, 6.45) is 0.902. The summed E-state index contributed by atoms with van der Waals surface area (Å²) in [5, 5.41) is 13.3. The van der Waals surface area contributed by atoms with Gasteiger partial charge in [-0.2, -0.15) is 0 Å². The lowest BCUT2D eigenvalue weighted by Crippen LogP contribution is -2.36. The van der Waals surface area contributed by atoms with E-state index < -0.39 is 17.8 Å². The summed E-state index contributed by atoms with van der Waals surface area (Å²) in [6.45, 7) is 3.93. The first-order valence-electron chi connectivity index (χ1n) is 5.53. The quantitative estimate of drug-likeness (QED) is 0.761. The van der Waals surface area contributed by atoms with Crippen molar-refractivity contribution in [3.8, 4) is 0 Å². The molecule has 0 aliphatic heterocycles. The van der Waals surface area contributed by atoms with Crippen LogP contribution in [-0.2, 0) is 16.0 Å². The Morgan fingerprint density at radius 3 is 2.71 bits per heavy atom. The highest BCUT2D eigenvalue weighted by atomic mass is 32.1. The maximum Gasteiger partial charge on any atom is 0.315 e. The molecule has 94 valence electrons. The number of carboxylic acids is 1. The van der Waals surface area contributed by atoms with Gasteiger partial charge < -0.3 is 10.4 Å². The van der Waals surface area contributed by atoms with E-state index in [9.17, 15) is 9.59 Å². The third kappa shape index (κ3) is 4.56. The molecule has 0 saturated carbocycles. The van der Waals surface area contributed by atoms with Crippen LogP contribution >= 0.6 is 11.3 Å². The first-order chi connectivity index (χ1) is 8.00. The molecule has 0 spiro atoms. The molecule has 2 unspecified atom stereocenters. The average Bonchev–Trinajstić information content (AvgIpc) is 2.77. The Labute approximate surface area is 105 Å². The van der Waals surface area contributed by atoms with Crippen molar-refractivity contribution in [2.24, 2.45) is 11.8 Å². The molecule has 0 aromatic carbocycles. The molecular formula is C12H17NO3S. The van der Waals surface area contributed by atoms with E-state index in [0.29, 0.717) is 12.5 Å². The second-order valence-electron chi connectivity index (χ2n) is 4.19. The zero-order chi connectivity index (χ0) is 12.8. The van der Waals surface area contributed by atoms with Crippen molar-refractivity contribution in [3.63, 3.8) is 0 Å². The van der Waals surface area contributed by atoms with Crippen LogP contribution in [0.4, 0.5) is 0 Å². The van der Waals surface area contributed by atoms with Gasteiger partial charge in [0.05, 0.1) is 0 Å². The molecule has 17 heavy (non-hydrogen) atoms. The fraction of sp³-hybridized carbons (Fsp3) is 0.500. The fourth-order valence-electron chi connectivity index (χ4n) is 1.38. The van der Waals surface area contributed by atoms with E-state index in [1.165, 1.54) is 11.8 Å². The minimum atomic E-state index is -1.09. The van der Waals surface area contributed by atoms with Crippen LogP contribution in [0.15, 0.2) is 17.5 Å². The van der Waals surface area contributed by atoms with Gasteiger partial charge in [-0.15, -0.1) is 11.3 Å². The standard InChI is InChI=1S/C12H17NO3S/c1-8(6-10-4-3-5-17-10)7-13-11(14)9(2)12(15)16/h3-5,8-9H,6-7H2,1-2H3,(H,13,14)(H,15,16). The van der Waals surface area contributed by atoms with Gasteiger partial charge in [0.25, 0.3) is 0 Å². The number of nitrogens with one attached hydrogen (secondary N) is 1. The number of hydrogen-bond acceptors (Lipinski definition) is 3. The summed E-state index contributed by atoms with van der Waals surface area (Å²) in [4.78, 5) is 23.3. The van der Waals surface area contributed by atoms with E-state index in [-0.39, 0.29) is 0 Å². The Kier molecular flexibility index (Phi) is 5.15. The van der Waals surface area contributed by atoms with Crippen molar-refractivity contribution in [1.29, 1.82) is 0 Å². The number of amides is 1. The second-order valence-corrected chi connectivity index (χ2v) is 5.23. The lowest BCUT2D eigenvalue weighted by Gasteiger charge is -2.13. The molecule has 4 nitrogen and oxygen atoms in total. The zero-order valence-electron chi connectivity index (χ0n) is 9.97. The molecule has 0 fully saturated rings. The van der Waals surface area contributed by atoms with Gasteiger partial charge in [0.15, 0.2) is 0 Å². The number of carbonyl (C=O) groups excluding carboxylic acids is 1. The van der Waals surface area contributed by atoms with Gasteiger partial charge in [-0.1, -0.05) is 13.0 Å². The third-order valence-electron chi connectivity index (χ3n) is 2.52. The highest BCUT2D eigenvalue weighted by molar-refractivity contribution is 7.09. The van der Waals surface area contributed by atoms with Gasteiger partial charge in [0.2, 0.25) is 5.91 Å². The predicted molar refractivity (Wildman–Crippen MR) is 67.0 cm³/mol. The molecular weight excluding hydrogens is 238 g/mol. The second kappa shape index (κ2) is 6.39. The molecule has 1 heterocycles. The van der Waals surface area contributed by atoms with Crippen LogP contribution in [0, 0.1) is 11.8 Å². The van der Waals surface area contributed by atoms with E-state index in [0.717, 1.165) is 6.42 Å². The summed E-state index contributed by atoms with van der Waals surface area (Å²) in [5.74, 6) is -2.19. The van der Waals surface area contributed by atoms with Gasteiger partial charge in [0.1, 0.15) is 5.92 Å². The number of rotatable bonds is 6. The van der Waals surface area contributed by atoms with Gasteiger partial charge in [-0.3, -0.25) is 9.59 Å². The van der Waals surface area contributed by atoms with Gasteiger partial charge in [-0.05, 0) is 30.7 Å². The normalized spacial score (nSPS) is 14.0. The molecule has 1 rings (SSSR count). The minimum absolute atomic E-state index is 0.304. The highest BCUT2D eigenvalue weighted by Crippen LogP contribution is 2.13. The van der Waals surface area contributed by atoms with E-state index in [2.05, 4.69) is 11.4 Å². The van der Waals surface area contributed by atoms with E-state index in [1.807, 2.05) is 18.4 Å². The molecule has 0 aliphatic rings. The van der Waals surface area contributed by atoms with Crippen LogP contribution in [0.2, 0.25) is 0 Å². The van der Waals surface area contributed by atoms with Crippen LogP contribution in [0.5, 0.6) is 0 Å². The molecule has 5 heteroatoms. The fourth-order valence-corrected chi connectivity index (χ4v) is 2.25. The summed E-state index contributed by atoms with van der Waals surface area (Å²) >= 11 is 1.69. The van der Waals surface area contributed by atoms with E-state index >= 15 is 0 Å². The Bertz CT molecular complexity index is 375. The first-order valence-corrected chi connectivity index (χ1v) is 6.41. The van der Waals surface area contributed by atoms with Crippen LogP contribution in [0.25, 0.3) is 0 Å². The minimum Gasteiger partial charge on any atom is -0.481 e. The Hall–Kier alpha value is -1.36. The lowest BCUT2D eigenvalue weighted by atomic mass is 10.1. The predicted octanol–water partition coefficient (Wildman–Crippen LogP) is 1.76. The molecule has 0 radical (unpaired) electrons. The topological polar surface area (TPSA) is 66.4 Å². The van der Waals surface area contributed by atoms with Crippen LogP contribution in [0.3, 0.4) is 0 Å². The number of carboxylic acid groups (broad SMARTS) is 1. The lowest BCUT2D eigenvalue weighted by molar-refractivity contribution is -0.146. The van der Waals surface area contributed by atoms with Gasteiger partial charge >= 0.3 is 5.97 Å². The van der Waals surface area contributed by atoms with Crippen LogP contribution < -0.4 is 5.32 Å². The number of carbonyl (C=O) groups is 2. The average molecular weight is 255 g/mol. The smallest absolute Gasteiger partial charge is 0.315 e. The molecule has 2 atom stereocenters. The van der Waals surface area contributed by atoms with Gasteiger partial charge in [-0.25, -0.2) is 0 Å². The van der Waals surface area contributed by atoms with Crippen molar-refractivity contribution in [3.05, 3.63) is 22.4 Å². The third-order valence-corrected chi connectivity index (χ3v) is 3.42. The largest absolute Gasteiger partial charge is 0.481 e. The maximum atomic E-state index is 11.4.